The van der Waals surface area contributed by atoms with E-state index in [0.29, 0.717) is 28.0 Å². The van der Waals surface area contributed by atoms with Gasteiger partial charge in [0.2, 0.25) is 0 Å². The van der Waals surface area contributed by atoms with Gasteiger partial charge in [0.1, 0.15) is 17.0 Å². The Morgan fingerprint density at radius 3 is 2.79 bits per heavy atom. The van der Waals surface area contributed by atoms with Gasteiger partial charge in [-0.15, -0.1) is 0 Å². The summed E-state index contributed by atoms with van der Waals surface area (Å²) in [5.74, 6) is -0.744. The fourth-order valence-corrected chi connectivity index (χ4v) is 2.69. The van der Waals surface area contributed by atoms with E-state index in [9.17, 15) is 9.18 Å². The van der Waals surface area contributed by atoms with Crippen LogP contribution < -0.4 is 16.4 Å². The number of nitrogens with one attached hydrogen (secondary N) is 4. The van der Waals surface area contributed by atoms with Crippen LogP contribution in [0.2, 0.25) is 0 Å². The number of fused-ring (bicyclic) bond motifs is 1. The molecular weight excluding hydrogens is 361 g/mol. The maximum Gasteiger partial charge on any atom is 0.255 e. The maximum atomic E-state index is 13.5. The molecule has 6 N–H and O–H groups in total. The van der Waals surface area contributed by atoms with Crippen LogP contribution in [0.4, 0.5) is 10.1 Å². The molecule has 0 aliphatic heterocycles. The lowest BCUT2D eigenvalue weighted by Gasteiger charge is -2.23. The third kappa shape index (κ3) is 3.70. The Morgan fingerprint density at radius 2 is 2.11 bits per heavy atom. The third-order valence-corrected chi connectivity index (χ3v) is 4.36. The normalized spacial score (nSPS) is 11.5. The monoisotopic (exact) mass is 383 g/mol. The van der Waals surface area contributed by atoms with Gasteiger partial charge in [0.25, 0.3) is 5.91 Å². The first-order valence-corrected chi connectivity index (χ1v) is 8.69. The van der Waals surface area contributed by atoms with Crippen molar-refractivity contribution in [2.24, 2.45) is 5.73 Å². The van der Waals surface area contributed by atoms with Crippen LogP contribution in [-0.4, -0.2) is 45.7 Å². The standard InChI is InChI=1S/C19H22FN7O/c1-19(2,9-21)27-18(28)12-7-24-17-16(12)26-14(8-25-17)15(22)11-5-4-10(20)6-13(11)23-3/h4-8,22-23H,9,21H2,1-3H3,(H,24,25)(H,27,28). The molecule has 0 unspecified atom stereocenters. The predicted molar refractivity (Wildman–Crippen MR) is 106 cm³/mol. The van der Waals surface area contributed by atoms with Gasteiger partial charge >= 0.3 is 0 Å². The van der Waals surface area contributed by atoms with Crippen LogP contribution in [0.3, 0.4) is 0 Å². The summed E-state index contributed by atoms with van der Waals surface area (Å²) < 4.78 is 13.5. The summed E-state index contributed by atoms with van der Waals surface area (Å²) >= 11 is 0. The van der Waals surface area contributed by atoms with Crippen molar-refractivity contribution in [3.05, 3.63) is 53.2 Å². The van der Waals surface area contributed by atoms with Crippen molar-refractivity contribution in [3.63, 3.8) is 0 Å². The zero-order valence-corrected chi connectivity index (χ0v) is 15.9. The number of halogens is 1. The van der Waals surface area contributed by atoms with Crippen molar-refractivity contribution >= 4 is 28.5 Å². The van der Waals surface area contributed by atoms with Crippen molar-refractivity contribution in [3.8, 4) is 0 Å². The number of carbonyl (C=O) groups is 1. The van der Waals surface area contributed by atoms with E-state index in [1.165, 1.54) is 30.6 Å². The molecule has 0 aliphatic carbocycles. The second kappa shape index (κ2) is 7.35. The van der Waals surface area contributed by atoms with Gasteiger partial charge in [0, 0.05) is 36.6 Å². The molecular formula is C19H22FN7O. The molecule has 1 aromatic carbocycles. The Labute approximate surface area is 161 Å². The van der Waals surface area contributed by atoms with Gasteiger partial charge in [-0.05, 0) is 32.0 Å². The summed E-state index contributed by atoms with van der Waals surface area (Å²) in [7, 11) is 1.65. The molecule has 0 saturated heterocycles. The smallest absolute Gasteiger partial charge is 0.255 e. The highest BCUT2D eigenvalue weighted by atomic mass is 19.1. The summed E-state index contributed by atoms with van der Waals surface area (Å²) in [4.78, 5) is 24.3. The minimum absolute atomic E-state index is 0.0635. The van der Waals surface area contributed by atoms with Gasteiger partial charge in [0.15, 0.2) is 5.65 Å². The summed E-state index contributed by atoms with van der Waals surface area (Å²) in [5.41, 5.74) is 7.46. The van der Waals surface area contributed by atoms with E-state index in [-0.39, 0.29) is 23.9 Å². The highest BCUT2D eigenvalue weighted by Crippen LogP contribution is 2.21. The molecule has 0 fully saturated rings. The number of rotatable bonds is 6. The summed E-state index contributed by atoms with van der Waals surface area (Å²) in [6.07, 6.45) is 2.96. The van der Waals surface area contributed by atoms with Crippen molar-refractivity contribution in [2.75, 3.05) is 18.9 Å². The van der Waals surface area contributed by atoms with E-state index in [4.69, 9.17) is 11.1 Å². The fraction of sp³-hybridized carbons (Fsp3) is 0.263. The van der Waals surface area contributed by atoms with E-state index in [1.54, 1.807) is 7.05 Å². The molecule has 9 heteroatoms. The lowest BCUT2D eigenvalue weighted by molar-refractivity contribution is 0.0917. The molecule has 0 spiro atoms. The lowest BCUT2D eigenvalue weighted by Crippen LogP contribution is -2.48. The van der Waals surface area contributed by atoms with Crippen LogP contribution in [0.25, 0.3) is 11.2 Å². The number of carbonyl (C=O) groups excluding carboxylic acids is 1. The molecule has 0 saturated carbocycles. The number of nitrogens with two attached hydrogens (primary N) is 1. The van der Waals surface area contributed by atoms with E-state index in [0.717, 1.165) is 0 Å². The van der Waals surface area contributed by atoms with Crippen molar-refractivity contribution in [1.82, 2.24) is 20.3 Å². The molecule has 3 rings (SSSR count). The van der Waals surface area contributed by atoms with E-state index >= 15 is 0 Å². The first-order chi connectivity index (χ1) is 13.3. The number of anilines is 1. The van der Waals surface area contributed by atoms with Gasteiger partial charge in [-0.1, -0.05) is 0 Å². The zero-order valence-electron chi connectivity index (χ0n) is 15.9. The maximum absolute atomic E-state index is 13.5. The Hall–Kier alpha value is -3.33. The number of amides is 1. The van der Waals surface area contributed by atoms with E-state index in [2.05, 4.69) is 25.6 Å². The van der Waals surface area contributed by atoms with Gasteiger partial charge in [-0.2, -0.15) is 0 Å². The van der Waals surface area contributed by atoms with Crippen LogP contribution in [0.1, 0.15) is 35.5 Å². The Morgan fingerprint density at radius 1 is 1.36 bits per heavy atom. The molecule has 0 atom stereocenters. The molecule has 0 aliphatic rings. The molecule has 0 bridgehead atoms. The number of aromatic nitrogens is 3. The Balaban J connectivity index is 2.01. The number of hydrogen-bond donors (Lipinski definition) is 5. The van der Waals surface area contributed by atoms with Crippen LogP contribution >= 0.6 is 0 Å². The minimum Gasteiger partial charge on any atom is -0.387 e. The number of hydrogen-bond acceptors (Lipinski definition) is 6. The number of aromatic amines is 1. The Kier molecular flexibility index (Phi) is 5.10. The van der Waals surface area contributed by atoms with Crippen molar-refractivity contribution < 1.29 is 9.18 Å². The second-order valence-electron chi connectivity index (χ2n) is 7.01. The van der Waals surface area contributed by atoms with E-state index < -0.39 is 11.4 Å². The largest absolute Gasteiger partial charge is 0.387 e. The average molecular weight is 383 g/mol. The quantitative estimate of drug-likeness (QED) is 0.415. The second-order valence-corrected chi connectivity index (χ2v) is 7.01. The first kappa shape index (κ1) is 19.4. The van der Waals surface area contributed by atoms with Gasteiger partial charge in [-0.25, -0.2) is 14.4 Å². The van der Waals surface area contributed by atoms with Gasteiger partial charge < -0.3 is 21.4 Å². The molecule has 0 radical (unpaired) electrons. The highest BCUT2D eigenvalue weighted by Gasteiger charge is 2.23. The van der Waals surface area contributed by atoms with Crippen LogP contribution in [0, 0.1) is 11.2 Å². The van der Waals surface area contributed by atoms with Crippen molar-refractivity contribution in [2.45, 2.75) is 19.4 Å². The molecule has 3 aromatic rings. The molecule has 2 heterocycles. The third-order valence-electron chi connectivity index (χ3n) is 4.36. The highest BCUT2D eigenvalue weighted by molar-refractivity contribution is 6.14. The van der Waals surface area contributed by atoms with Crippen molar-refractivity contribution in [1.29, 1.82) is 5.41 Å². The molecule has 8 nitrogen and oxygen atoms in total. The van der Waals surface area contributed by atoms with Crippen LogP contribution in [0.5, 0.6) is 0 Å². The molecule has 146 valence electrons. The molecule has 2 aromatic heterocycles. The minimum atomic E-state index is -0.575. The number of nitrogens with zero attached hydrogens (tertiary/aromatic N) is 2. The SMILES string of the molecule is CNc1cc(F)ccc1C(=N)c1cnc2[nH]cc(C(=O)NC(C)(C)CN)c2n1. The topological polar surface area (TPSA) is 133 Å². The fourth-order valence-electron chi connectivity index (χ4n) is 2.69. The summed E-state index contributed by atoms with van der Waals surface area (Å²) in [6.45, 7) is 3.92. The van der Waals surface area contributed by atoms with Crippen LogP contribution in [-0.2, 0) is 0 Å². The van der Waals surface area contributed by atoms with Gasteiger partial charge in [-0.3, -0.25) is 10.2 Å². The lowest BCUT2D eigenvalue weighted by atomic mass is 10.0. The Bertz CT molecular complexity index is 1060. The zero-order chi connectivity index (χ0) is 20.5. The number of H-pyrrole nitrogens is 1. The van der Waals surface area contributed by atoms with Crippen LogP contribution in [0.15, 0.2) is 30.6 Å². The summed E-state index contributed by atoms with van der Waals surface area (Å²) in [6, 6.07) is 4.09. The van der Waals surface area contributed by atoms with E-state index in [1.807, 2.05) is 13.8 Å². The molecule has 1 amide bonds. The average Bonchev–Trinajstić information content (AvgIpc) is 3.10. The first-order valence-electron chi connectivity index (χ1n) is 8.69. The number of benzene rings is 1. The summed E-state index contributed by atoms with van der Waals surface area (Å²) in [5, 5.41) is 14.2. The van der Waals surface area contributed by atoms with Gasteiger partial charge in [0.05, 0.1) is 17.5 Å². The molecule has 28 heavy (non-hydrogen) atoms. The predicted octanol–water partition coefficient (Wildman–Crippen LogP) is 2.02.